The van der Waals surface area contributed by atoms with Gasteiger partial charge in [-0.25, -0.2) is 0 Å². The molecular weight excluding hydrogens is 212 g/mol. The smallest absolute Gasteiger partial charge is 0.0494 e. The largest absolute Gasteiger partial charge is 0.396 e. The zero-order valence-electron chi connectivity index (χ0n) is 11.3. The van der Waals surface area contributed by atoms with E-state index in [1.54, 1.807) is 0 Å². The van der Waals surface area contributed by atoms with Crippen molar-refractivity contribution in [3.8, 4) is 0 Å². The van der Waals surface area contributed by atoms with E-state index in [0.717, 1.165) is 13.1 Å². The third-order valence-corrected chi connectivity index (χ3v) is 2.81. The van der Waals surface area contributed by atoms with E-state index in [4.69, 9.17) is 5.11 Å². The van der Waals surface area contributed by atoms with Crippen LogP contribution >= 0.6 is 0 Å². The Bertz CT molecular complexity index is 331. The molecule has 2 N–H and O–H groups in total. The van der Waals surface area contributed by atoms with Crippen LogP contribution in [0, 0.1) is 5.41 Å². The molecule has 3 heteroatoms. The van der Waals surface area contributed by atoms with Gasteiger partial charge in [-0.05, 0) is 17.7 Å². The summed E-state index contributed by atoms with van der Waals surface area (Å²) in [5, 5.41) is 12.5. The average Bonchev–Trinajstić information content (AvgIpc) is 2.29. The Morgan fingerprint density at radius 1 is 1.18 bits per heavy atom. The van der Waals surface area contributed by atoms with E-state index in [-0.39, 0.29) is 12.0 Å². The van der Waals surface area contributed by atoms with Gasteiger partial charge in [0.2, 0.25) is 0 Å². The highest BCUT2D eigenvalue weighted by Gasteiger charge is 2.15. The van der Waals surface area contributed by atoms with Crippen molar-refractivity contribution < 1.29 is 5.11 Å². The first-order valence-corrected chi connectivity index (χ1v) is 6.02. The molecule has 0 heterocycles. The van der Waals surface area contributed by atoms with Crippen LogP contribution < -0.4 is 10.2 Å². The molecule has 1 rings (SSSR count). The third-order valence-electron chi connectivity index (χ3n) is 2.81. The molecular formula is C14H24N2O. The van der Waals surface area contributed by atoms with Crippen LogP contribution in [0.1, 0.15) is 19.4 Å². The van der Waals surface area contributed by atoms with E-state index in [1.165, 1.54) is 11.3 Å². The zero-order chi connectivity index (χ0) is 12.9. The molecule has 0 saturated heterocycles. The minimum Gasteiger partial charge on any atom is -0.396 e. The lowest BCUT2D eigenvalue weighted by molar-refractivity contribution is 0.156. The summed E-state index contributed by atoms with van der Waals surface area (Å²) in [4.78, 5) is 2.09. The van der Waals surface area contributed by atoms with Gasteiger partial charge in [-0.1, -0.05) is 26.0 Å². The molecule has 0 aliphatic carbocycles. The summed E-state index contributed by atoms with van der Waals surface area (Å²) in [5.41, 5.74) is 2.43. The van der Waals surface area contributed by atoms with Crippen LogP contribution in [0.5, 0.6) is 0 Å². The number of nitrogens with one attached hydrogen (secondary N) is 1. The van der Waals surface area contributed by atoms with Crippen molar-refractivity contribution in [2.75, 3.05) is 32.1 Å². The highest BCUT2D eigenvalue weighted by atomic mass is 16.3. The summed E-state index contributed by atoms with van der Waals surface area (Å²) >= 11 is 0. The number of aliphatic hydroxyl groups excluding tert-OH is 1. The lowest BCUT2D eigenvalue weighted by Gasteiger charge is -2.22. The molecule has 0 bridgehead atoms. The van der Waals surface area contributed by atoms with Gasteiger partial charge < -0.3 is 15.3 Å². The summed E-state index contributed by atoms with van der Waals surface area (Å²) in [5.74, 6) is 0. The molecule has 0 aliphatic rings. The lowest BCUT2D eigenvalue weighted by Crippen LogP contribution is -2.31. The van der Waals surface area contributed by atoms with Crippen LogP contribution in [0.15, 0.2) is 24.3 Å². The summed E-state index contributed by atoms with van der Waals surface area (Å²) in [6.45, 7) is 5.97. The van der Waals surface area contributed by atoms with Gasteiger partial charge in [0.1, 0.15) is 0 Å². The first kappa shape index (κ1) is 14.0. The number of hydrogen-bond acceptors (Lipinski definition) is 3. The molecule has 0 unspecified atom stereocenters. The van der Waals surface area contributed by atoms with Crippen molar-refractivity contribution in [2.24, 2.45) is 5.41 Å². The summed E-state index contributed by atoms with van der Waals surface area (Å²) < 4.78 is 0. The molecule has 0 spiro atoms. The second kappa shape index (κ2) is 6.03. The van der Waals surface area contributed by atoms with Crippen LogP contribution in [0.3, 0.4) is 0 Å². The highest BCUT2D eigenvalue weighted by Crippen LogP contribution is 2.14. The van der Waals surface area contributed by atoms with Gasteiger partial charge in [0.05, 0.1) is 0 Å². The van der Waals surface area contributed by atoms with Gasteiger partial charge in [-0.15, -0.1) is 0 Å². The van der Waals surface area contributed by atoms with E-state index >= 15 is 0 Å². The Labute approximate surface area is 104 Å². The van der Waals surface area contributed by atoms with Gasteiger partial charge in [-0.3, -0.25) is 0 Å². The summed E-state index contributed by atoms with van der Waals surface area (Å²) in [6, 6.07) is 8.50. The van der Waals surface area contributed by atoms with E-state index in [1.807, 2.05) is 14.1 Å². The number of benzene rings is 1. The molecule has 0 aliphatic heterocycles. The van der Waals surface area contributed by atoms with Gasteiger partial charge in [0, 0.05) is 44.9 Å². The summed E-state index contributed by atoms with van der Waals surface area (Å²) in [6.07, 6.45) is 0. The molecule has 1 aromatic carbocycles. The fourth-order valence-corrected chi connectivity index (χ4v) is 1.51. The van der Waals surface area contributed by atoms with Gasteiger partial charge >= 0.3 is 0 Å². The number of anilines is 1. The molecule has 0 aromatic heterocycles. The lowest BCUT2D eigenvalue weighted by atomic mass is 9.95. The average molecular weight is 236 g/mol. The van der Waals surface area contributed by atoms with Crippen molar-refractivity contribution in [3.05, 3.63) is 29.8 Å². The minimum absolute atomic E-state index is 0.0520. The van der Waals surface area contributed by atoms with Crippen LogP contribution in [-0.4, -0.2) is 32.4 Å². The molecule has 0 atom stereocenters. The number of nitrogens with zero attached hydrogens (tertiary/aromatic N) is 1. The number of rotatable bonds is 6. The Morgan fingerprint density at radius 2 is 1.76 bits per heavy atom. The van der Waals surface area contributed by atoms with Gasteiger partial charge in [0.25, 0.3) is 0 Å². The maximum Gasteiger partial charge on any atom is 0.0494 e. The van der Waals surface area contributed by atoms with E-state index in [2.05, 4.69) is 48.3 Å². The van der Waals surface area contributed by atoms with E-state index in [0.29, 0.717) is 0 Å². The van der Waals surface area contributed by atoms with E-state index in [9.17, 15) is 0 Å². The van der Waals surface area contributed by atoms with Crippen LogP contribution in [0.25, 0.3) is 0 Å². The second-order valence-corrected chi connectivity index (χ2v) is 5.49. The number of hydrogen-bond donors (Lipinski definition) is 2. The van der Waals surface area contributed by atoms with Crippen molar-refractivity contribution in [2.45, 2.75) is 20.4 Å². The normalized spacial score (nSPS) is 11.6. The minimum atomic E-state index is -0.0520. The van der Waals surface area contributed by atoms with Crippen molar-refractivity contribution in [3.63, 3.8) is 0 Å². The molecule has 96 valence electrons. The van der Waals surface area contributed by atoms with Gasteiger partial charge in [0.15, 0.2) is 0 Å². The van der Waals surface area contributed by atoms with Crippen LogP contribution in [0.4, 0.5) is 5.69 Å². The van der Waals surface area contributed by atoms with Gasteiger partial charge in [-0.2, -0.15) is 0 Å². The quantitative estimate of drug-likeness (QED) is 0.791. The first-order chi connectivity index (χ1) is 7.94. The predicted octanol–water partition coefficient (Wildman–Crippen LogP) is 1.86. The van der Waals surface area contributed by atoms with E-state index < -0.39 is 0 Å². The fraction of sp³-hybridized carbons (Fsp3) is 0.571. The molecule has 0 saturated carbocycles. The predicted molar refractivity (Wildman–Crippen MR) is 73.3 cm³/mol. The molecule has 0 amide bonds. The monoisotopic (exact) mass is 236 g/mol. The highest BCUT2D eigenvalue weighted by molar-refractivity contribution is 5.45. The van der Waals surface area contributed by atoms with Crippen LogP contribution in [0.2, 0.25) is 0 Å². The molecule has 1 aromatic rings. The Balaban J connectivity index is 2.42. The molecule has 0 fully saturated rings. The number of aliphatic hydroxyl groups is 1. The standard InChI is InChI=1S/C14H24N2O/c1-14(2,11-17)10-15-9-12-5-7-13(8-6-12)16(3)4/h5-8,15,17H,9-11H2,1-4H3. The van der Waals surface area contributed by atoms with Crippen molar-refractivity contribution in [1.82, 2.24) is 5.32 Å². The maximum atomic E-state index is 9.14. The van der Waals surface area contributed by atoms with Crippen molar-refractivity contribution in [1.29, 1.82) is 0 Å². The summed E-state index contributed by atoms with van der Waals surface area (Å²) in [7, 11) is 4.08. The second-order valence-electron chi connectivity index (χ2n) is 5.49. The topological polar surface area (TPSA) is 35.5 Å². The molecule has 0 radical (unpaired) electrons. The third kappa shape index (κ3) is 4.75. The SMILES string of the molecule is CN(C)c1ccc(CNCC(C)(C)CO)cc1. The van der Waals surface area contributed by atoms with Crippen molar-refractivity contribution >= 4 is 5.69 Å². The Morgan fingerprint density at radius 3 is 2.24 bits per heavy atom. The zero-order valence-corrected chi connectivity index (χ0v) is 11.3. The maximum absolute atomic E-state index is 9.14. The fourth-order valence-electron chi connectivity index (χ4n) is 1.51. The Kier molecular flexibility index (Phi) is 4.97. The Hall–Kier alpha value is -1.06. The van der Waals surface area contributed by atoms with Crippen LogP contribution in [-0.2, 0) is 6.54 Å². The molecule has 17 heavy (non-hydrogen) atoms. The molecule has 3 nitrogen and oxygen atoms in total. The first-order valence-electron chi connectivity index (χ1n) is 6.02.